The number of carbonyl (C=O) groups excluding carboxylic acids is 1. The molecule has 1 aliphatic carbocycles. The van der Waals surface area contributed by atoms with E-state index in [1.807, 2.05) is 16.4 Å². The first-order valence-electron chi connectivity index (χ1n) is 11.8. The molecule has 1 saturated heterocycles. The van der Waals surface area contributed by atoms with E-state index >= 15 is 4.39 Å². The zero-order chi connectivity index (χ0) is 24.2. The third-order valence-electron chi connectivity index (χ3n) is 6.31. The van der Waals surface area contributed by atoms with E-state index in [4.69, 9.17) is 9.84 Å². The van der Waals surface area contributed by atoms with Crippen LogP contribution in [0.3, 0.4) is 0 Å². The van der Waals surface area contributed by atoms with Crippen LogP contribution in [0.5, 0.6) is 5.75 Å². The van der Waals surface area contributed by atoms with E-state index in [9.17, 15) is 14.4 Å². The van der Waals surface area contributed by atoms with Crippen molar-refractivity contribution in [2.75, 3.05) is 44.2 Å². The third-order valence-corrected chi connectivity index (χ3v) is 6.31. The number of rotatable bonds is 9. The second kappa shape index (κ2) is 10.4. The van der Waals surface area contributed by atoms with Gasteiger partial charge in [0.25, 0.3) is 0 Å². The summed E-state index contributed by atoms with van der Waals surface area (Å²) in [7, 11) is 0. The molecule has 9 nitrogen and oxygen atoms in total. The van der Waals surface area contributed by atoms with Crippen molar-refractivity contribution < 1.29 is 28.6 Å². The molecule has 0 radical (unpaired) electrons. The summed E-state index contributed by atoms with van der Waals surface area (Å²) in [5, 5.41) is 9.04. The van der Waals surface area contributed by atoms with Crippen molar-refractivity contribution in [3.8, 4) is 5.75 Å². The Bertz CT molecular complexity index is 1120. The number of hydrogen-bond donors (Lipinski definition) is 1. The highest BCUT2D eigenvalue weighted by Gasteiger charge is 2.28. The monoisotopic (exact) mass is 475 g/mol. The summed E-state index contributed by atoms with van der Waals surface area (Å²) in [6, 6.07) is 2.99. The maximum Gasteiger partial charge on any atom is 0.511 e. The average molecular weight is 476 g/mol. The van der Waals surface area contributed by atoms with Crippen molar-refractivity contribution in [1.29, 1.82) is 0 Å². The number of hydrogen-bond acceptors (Lipinski definition) is 7. The minimum atomic E-state index is -1.58. The number of piperazine rings is 1. The van der Waals surface area contributed by atoms with Crippen molar-refractivity contribution >= 4 is 28.7 Å². The molecule has 2 aromatic rings. The number of aromatic nitrogens is 1. The smallest absolute Gasteiger partial charge is 0.466 e. The Morgan fingerprint density at radius 3 is 2.56 bits per heavy atom. The van der Waals surface area contributed by atoms with E-state index < -0.39 is 17.4 Å². The molecule has 1 aliphatic heterocycles. The molecule has 1 saturated carbocycles. The number of fused-ring (bicyclic) bond motifs is 1. The molecule has 2 fully saturated rings. The van der Waals surface area contributed by atoms with Crippen molar-refractivity contribution in [1.82, 2.24) is 9.47 Å². The van der Waals surface area contributed by atoms with E-state index in [2.05, 4.69) is 9.64 Å². The number of carboxylic acid groups (broad SMARTS) is 1. The van der Waals surface area contributed by atoms with Gasteiger partial charge in [-0.25, -0.2) is 9.18 Å². The van der Waals surface area contributed by atoms with Crippen molar-refractivity contribution in [2.24, 2.45) is 0 Å². The van der Waals surface area contributed by atoms with Crippen molar-refractivity contribution in [2.45, 2.75) is 45.1 Å². The normalized spacial score (nSPS) is 16.6. The molecule has 4 rings (SSSR count). The maximum atomic E-state index is 15.1. The molecule has 1 aromatic carbocycles. The highest BCUT2D eigenvalue weighted by atomic mass is 19.1. The molecule has 2 heterocycles. The molecule has 0 unspecified atom stereocenters. The van der Waals surface area contributed by atoms with Gasteiger partial charge in [0.15, 0.2) is 5.75 Å². The Balaban J connectivity index is 1.47. The summed E-state index contributed by atoms with van der Waals surface area (Å²) < 4.78 is 26.8. The molecule has 1 N–H and O–H groups in total. The zero-order valence-electron chi connectivity index (χ0n) is 19.3. The molecule has 0 bridgehead atoms. The van der Waals surface area contributed by atoms with E-state index in [1.165, 1.54) is 12.3 Å². The van der Waals surface area contributed by atoms with Gasteiger partial charge < -0.3 is 24.0 Å². The van der Waals surface area contributed by atoms with E-state index in [1.54, 1.807) is 6.07 Å². The second-order valence-electron chi connectivity index (χ2n) is 8.80. The predicted molar refractivity (Wildman–Crippen MR) is 124 cm³/mol. The zero-order valence-corrected chi connectivity index (χ0v) is 19.3. The van der Waals surface area contributed by atoms with Gasteiger partial charge in [-0.05, 0) is 31.4 Å². The number of carbonyl (C=O) groups is 2. The number of anilines is 1. The van der Waals surface area contributed by atoms with Gasteiger partial charge >= 0.3 is 12.1 Å². The van der Waals surface area contributed by atoms with Crippen LogP contribution in [0.2, 0.25) is 0 Å². The fourth-order valence-electron chi connectivity index (χ4n) is 4.26. The number of halogens is 1. The van der Waals surface area contributed by atoms with Crippen LogP contribution in [0.25, 0.3) is 10.9 Å². The highest BCUT2D eigenvalue weighted by molar-refractivity contribution is 5.85. The minimum Gasteiger partial charge on any atom is -0.466 e. The van der Waals surface area contributed by atoms with Gasteiger partial charge in [-0.15, -0.1) is 0 Å². The highest BCUT2D eigenvalue weighted by Crippen LogP contribution is 2.39. The van der Waals surface area contributed by atoms with Crippen LogP contribution in [0.4, 0.5) is 14.9 Å². The molecule has 10 heteroatoms. The number of benzene rings is 1. The van der Waals surface area contributed by atoms with Gasteiger partial charge in [0.05, 0.1) is 35.8 Å². The Labute approximate surface area is 196 Å². The standard InChI is InChI=1S/C24H30FN3O6/c1-2-3-12-33-22(29)6-7-26-8-10-27(11-9-26)20-14-19-17(13-18(20)25)23(30)21(34-24(31)32)15-28(19)16-4-5-16/h13-16H,2-12H2,1H3,(H,31,32). The van der Waals surface area contributed by atoms with E-state index in [0.29, 0.717) is 57.0 Å². The fourth-order valence-corrected chi connectivity index (χ4v) is 4.26. The summed E-state index contributed by atoms with van der Waals surface area (Å²) in [6.45, 7) is 5.64. The third kappa shape index (κ3) is 5.49. The van der Waals surface area contributed by atoms with Crippen molar-refractivity contribution in [3.05, 3.63) is 34.4 Å². The average Bonchev–Trinajstić information content (AvgIpc) is 3.65. The molecular weight excluding hydrogens is 445 g/mol. The molecule has 2 aliphatic rings. The maximum absolute atomic E-state index is 15.1. The van der Waals surface area contributed by atoms with E-state index in [-0.39, 0.29) is 23.1 Å². The van der Waals surface area contributed by atoms with Gasteiger partial charge in [-0.2, -0.15) is 0 Å². The van der Waals surface area contributed by atoms with Crippen LogP contribution in [-0.2, 0) is 9.53 Å². The van der Waals surface area contributed by atoms with Gasteiger partial charge in [-0.1, -0.05) is 13.3 Å². The van der Waals surface area contributed by atoms with Crippen molar-refractivity contribution in [3.63, 3.8) is 0 Å². The van der Waals surface area contributed by atoms with Crippen LogP contribution in [0.15, 0.2) is 23.1 Å². The fraction of sp³-hybridized carbons (Fsp3) is 0.542. The lowest BCUT2D eigenvalue weighted by Gasteiger charge is -2.36. The second-order valence-corrected chi connectivity index (χ2v) is 8.80. The molecular formula is C24H30FN3O6. The molecule has 0 spiro atoms. The lowest BCUT2D eigenvalue weighted by Crippen LogP contribution is -2.47. The summed E-state index contributed by atoms with van der Waals surface area (Å²) in [5.74, 6) is -1.05. The number of nitrogens with zero attached hydrogens (tertiary/aromatic N) is 3. The number of esters is 1. The predicted octanol–water partition coefficient (Wildman–Crippen LogP) is 3.39. The number of unbranched alkanes of at least 4 members (excludes halogenated alkanes) is 1. The first kappa shape index (κ1) is 24.0. The number of pyridine rings is 1. The number of ether oxygens (including phenoxy) is 2. The summed E-state index contributed by atoms with van der Waals surface area (Å²) in [5.41, 5.74) is 0.334. The summed E-state index contributed by atoms with van der Waals surface area (Å²) in [6.07, 6.45) is 3.81. The van der Waals surface area contributed by atoms with Crippen LogP contribution in [0.1, 0.15) is 45.1 Å². The van der Waals surface area contributed by atoms with Gasteiger partial charge in [0.2, 0.25) is 5.43 Å². The van der Waals surface area contributed by atoms with Gasteiger partial charge in [-0.3, -0.25) is 14.5 Å². The molecule has 1 aromatic heterocycles. The van der Waals surface area contributed by atoms with Crippen LogP contribution in [0, 0.1) is 5.82 Å². The largest absolute Gasteiger partial charge is 0.511 e. The van der Waals surface area contributed by atoms with E-state index in [0.717, 1.165) is 25.7 Å². The Morgan fingerprint density at radius 1 is 1.18 bits per heavy atom. The lowest BCUT2D eigenvalue weighted by molar-refractivity contribution is -0.144. The molecule has 0 atom stereocenters. The Morgan fingerprint density at radius 2 is 1.91 bits per heavy atom. The van der Waals surface area contributed by atoms with Gasteiger partial charge in [0.1, 0.15) is 5.82 Å². The Kier molecular flexibility index (Phi) is 7.35. The lowest BCUT2D eigenvalue weighted by atomic mass is 10.1. The summed E-state index contributed by atoms with van der Waals surface area (Å²) >= 11 is 0. The molecule has 34 heavy (non-hydrogen) atoms. The van der Waals surface area contributed by atoms with Gasteiger partial charge in [0, 0.05) is 38.8 Å². The first-order valence-corrected chi connectivity index (χ1v) is 11.8. The molecule has 184 valence electrons. The molecule has 0 amide bonds. The van der Waals surface area contributed by atoms with Crippen LogP contribution < -0.4 is 15.1 Å². The minimum absolute atomic E-state index is 0.104. The Hall–Kier alpha value is -3.14. The quantitative estimate of drug-likeness (QED) is 0.435. The topological polar surface area (TPSA) is 101 Å². The van der Waals surface area contributed by atoms with Crippen LogP contribution in [-0.4, -0.2) is 66.0 Å². The summed E-state index contributed by atoms with van der Waals surface area (Å²) in [4.78, 5) is 39.6. The first-order chi connectivity index (χ1) is 16.4. The SMILES string of the molecule is CCCCOC(=O)CCN1CCN(c2cc3c(cc2F)c(=O)c(OC(=O)O)cn3C2CC2)CC1. The van der Waals surface area contributed by atoms with Crippen LogP contribution >= 0.6 is 0 Å².